The van der Waals surface area contributed by atoms with Crippen LogP contribution in [-0.2, 0) is 12.5 Å². The summed E-state index contributed by atoms with van der Waals surface area (Å²) < 4.78 is 30.4. The van der Waals surface area contributed by atoms with E-state index < -0.39 is 5.92 Å². The average Bonchev–Trinajstić information content (AvgIpc) is 3.28. The van der Waals surface area contributed by atoms with Crippen molar-refractivity contribution in [2.45, 2.75) is 38.7 Å². The van der Waals surface area contributed by atoms with E-state index in [2.05, 4.69) is 31.2 Å². The van der Waals surface area contributed by atoms with Crippen molar-refractivity contribution >= 4 is 27.4 Å². The van der Waals surface area contributed by atoms with E-state index in [-0.39, 0.29) is 17.7 Å². The molecule has 1 saturated heterocycles. The number of anilines is 1. The summed E-state index contributed by atoms with van der Waals surface area (Å²) in [6.07, 6.45) is 3.71. The molecule has 4 aromatic rings. The number of hydrogen-bond acceptors (Lipinski definition) is 5. The summed E-state index contributed by atoms with van der Waals surface area (Å²) in [6.45, 7) is 4.92. The first-order valence-electron chi connectivity index (χ1n) is 12.6. The van der Waals surface area contributed by atoms with E-state index in [0.717, 1.165) is 54.9 Å². The Bertz CT molecular complexity index is 1380. The lowest BCUT2D eigenvalue weighted by Crippen LogP contribution is -2.37. The van der Waals surface area contributed by atoms with Gasteiger partial charge >= 0.3 is 0 Å². The summed E-state index contributed by atoms with van der Waals surface area (Å²) in [4.78, 5) is 7.10. The zero-order valence-electron chi connectivity index (χ0n) is 20.7. The Morgan fingerprint density at radius 1 is 1.16 bits per heavy atom. The number of halogens is 3. The Morgan fingerprint density at radius 3 is 2.70 bits per heavy atom. The van der Waals surface area contributed by atoms with E-state index in [1.165, 1.54) is 6.92 Å². The normalized spacial score (nSPS) is 16.8. The lowest BCUT2D eigenvalue weighted by Gasteiger charge is -2.33. The molecule has 1 aliphatic heterocycles. The first kappa shape index (κ1) is 25.6. The molecule has 0 saturated carbocycles. The van der Waals surface area contributed by atoms with Gasteiger partial charge in [0, 0.05) is 43.2 Å². The van der Waals surface area contributed by atoms with Gasteiger partial charge in [-0.2, -0.15) is 9.61 Å². The smallest absolute Gasteiger partial charge is 0.273 e. The predicted octanol–water partition coefficient (Wildman–Crippen LogP) is 6.69. The molecule has 2 aromatic carbocycles. The summed E-state index contributed by atoms with van der Waals surface area (Å²) in [5.41, 5.74) is 3.13. The van der Waals surface area contributed by atoms with Crippen LogP contribution in [0.5, 0.6) is 5.75 Å². The van der Waals surface area contributed by atoms with Crippen LogP contribution in [0.2, 0.25) is 0 Å². The molecule has 1 fully saturated rings. The van der Waals surface area contributed by atoms with Crippen molar-refractivity contribution < 1.29 is 13.9 Å². The largest absolute Gasteiger partial charge is 0.507 e. The molecule has 3 heterocycles. The molecule has 0 bridgehead atoms. The third-order valence-electron chi connectivity index (χ3n) is 7.01. The highest BCUT2D eigenvalue weighted by molar-refractivity contribution is 9.10. The van der Waals surface area contributed by atoms with Crippen molar-refractivity contribution in [3.05, 3.63) is 76.4 Å². The minimum Gasteiger partial charge on any atom is -0.507 e. The zero-order valence-corrected chi connectivity index (χ0v) is 22.3. The monoisotopic (exact) mass is 569 g/mol. The van der Waals surface area contributed by atoms with Crippen LogP contribution in [0.25, 0.3) is 16.9 Å². The standard InChI is InChI=1S/C28H30BrF2N5O/c1-2-28(30,31)21-11-9-19(10-12-21)17-35-13-5-6-20(18-35)15-32-26-14-24(22-7-3-4-8-25(22)37)34-27-23(29)16-33-36(26)27/h3-4,7-12,14,16,20,32,37H,2,5-6,13,15,17-18H2,1H3. The molecule has 1 atom stereocenters. The fraction of sp³-hybridized carbons (Fsp3) is 0.357. The number of para-hydroxylation sites is 1. The summed E-state index contributed by atoms with van der Waals surface area (Å²) >= 11 is 3.53. The number of aromatic nitrogens is 3. The number of nitrogens with one attached hydrogen (secondary N) is 1. The minimum atomic E-state index is -2.78. The van der Waals surface area contributed by atoms with Crippen molar-refractivity contribution in [3.63, 3.8) is 0 Å². The fourth-order valence-electron chi connectivity index (χ4n) is 4.92. The lowest BCUT2D eigenvalue weighted by atomic mass is 9.97. The SMILES string of the molecule is CCC(F)(F)c1ccc(CN2CCCC(CNc3cc(-c4ccccc4O)nc4c(Br)cnn34)C2)cc1. The summed E-state index contributed by atoms with van der Waals surface area (Å²) in [7, 11) is 0. The van der Waals surface area contributed by atoms with E-state index in [0.29, 0.717) is 22.8 Å². The Morgan fingerprint density at radius 2 is 1.95 bits per heavy atom. The maximum absolute atomic E-state index is 13.9. The van der Waals surface area contributed by atoms with Crippen LogP contribution in [0, 0.1) is 5.92 Å². The minimum absolute atomic E-state index is 0.0802. The van der Waals surface area contributed by atoms with E-state index >= 15 is 0 Å². The van der Waals surface area contributed by atoms with Gasteiger partial charge in [-0.1, -0.05) is 43.3 Å². The molecule has 0 spiro atoms. The molecule has 194 valence electrons. The van der Waals surface area contributed by atoms with Crippen LogP contribution in [0.3, 0.4) is 0 Å². The number of alkyl halides is 2. The highest BCUT2D eigenvalue weighted by Crippen LogP contribution is 2.33. The van der Waals surface area contributed by atoms with Crippen molar-refractivity contribution in [3.8, 4) is 17.0 Å². The molecule has 0 aliphatic carbocycles. The lowest BCUT2D eigenvalue weighted by molar-refractivity contribution is -0.00831. The Hall–Kier alpha value is -3.04. The van der Waals surface area contributed by atoms with Crippen molar-refractivity contribution in [1.82, 2.24) is 19.5 Å². The van der Waals surface area contributed by atoms with Crippen LogP contribution < -0.4 is 5.32 Å². The number of nitrogens with zero attached hydrogens (tertiary/aromatic N) is 4. The number of rotatable bonds is 8. The molecule has 1 aliphatic rings. The number of aromatic hydroxyl groups is 1. The fourth-order valence-corrected chi connectivity index (χ4v) is 5.27. The third-order valence-corrected chi connectivity index (χ3v) is 7.57. The van der Waals surface area contributed by atoms with Crippen molar-refractivity contribution in [2.75, 3.05) is 25.0 Å². The number of likely N-dealkylation sites (tertiary alicyclic amines) is 1. The molecule has 2 N–H and O–H groups in total. The van der Waals surface area contributed by atoms with Crippen LogP contribution in [0.4, 0.5) is 14.6 Å². The summed E-state index contributed by atoms with van der Waals surface area (Å²) in [5.74, 6) is -1.37. The second-order valence-electron chi connectivity index (χ2n) is 9.65. The predicted molar refractivity (Wildman–Crippen MR) is 145 cm³/mol. The van der Waals surface area contributed by atoms with Gasteiger partial charge < -0.3 is 10.4 Å². The first-order valence-corrected chi connectivity index (χ1v) is 13.4. The molecular formula is C28H30BrF2N5O. The van der Waals surface area contributed by atoms with Gasteiger partial charge in [0.25, 0.3) is 5.92 Å². The van der Waals surface area contributed by atoms with Gasteiger partial charge in [-0.3, -0.25) is 4.90 Å². The van der Waals surface area contributed by atoms with Gasteiger partial charge in [-0.05, 0) is 58.9 Å². The van der Waals surface area contributed by atoms with E-state index in [9.17, 15) is 13.9 Å². The van der Waals surface area contributed by atoms with Crippen LogP contribution in [-0.4, -0.2) is 44.2 Å². The molecule has 37 heavy (non-hydrogen) atoms. The zero-order chi connectivity index (χ0) is 26.0. The summed E-state index contributed by atoms with van der Waals surface area (Å²) in [5, 5.41) is 18.4. The number of phenols is 1. The van der Waals surface area contributed by atoms with Crippen LogP contribution in [0.1, 0.15) is 37.3 Å². The van der Waals surface area contributed by atoms with E-state index in [4.69, 9.17) is 4.98 Å². The molecule has 1 unspecified atom stereocenters. The molecule has 6 nitrogen and oxygen atoms in total. The number of hydrogen-bond donors (Lipinski definition) is 2. The highest BCUT2D eigenvalue weighted by Gasteiger charge is 2.28. The Labute approximate surface area is 223 Å². The van der Waals surface area contributed by atoms with Gasteiger partial charge in [-0.15, -0.1) is 0 Å². The van der Waals surface area contributed by atoms with Crippen LogP contribution >= 0.6 is 15.9 Å². The third kappa shape index (κ3) is 5.62. The van der Waals surface area contributed by atoms with Gasteiger partial charge in [0.1, 0.15) is 11.6 Å². The van der Waals surface area contributed by atoms with Gasteiger partial charge in [0.15, 0.2) is 5.65 Å². The molecule has 0 radical (unpaired) electrons. The first-order chi connectivity index (χ1) is 17.8. The highest BCUT2D eigenvalue weighted by atomic mass is 79.9. The van der Waals surface area contributed by atoms with Crippen LogP contribution in [0.15, 0.2) is 65.3 Å². The molecule has 0 amide bonds. The van der Waals surface area contributed by atoms with Gasteiger partial charge in [0.05, 0.1) is 16.4 Å². The quantitative estimate of drug-likeness (QED) is 0.247. The van der Waals surface area contributed by atoms with E-state index in [1.807, 2.05) is 30.3 Å². The second kappa shape index (κ2) is 10.8. The van der Waals surface area contributed by atoms with E-state index in [1.54, 1.807) is 35.0 Å². The maximum Gasteiger partial charge on any atom is 0.273 e. The van der Waals surface area contributed by atoms with Gasteiger partial charge in [-0.25, -0.2) is 13.8 Å². The Kier molecular flexibility index (Phi) is 7.44. The average molecular weight is 570 g/mol. The molecule has 9 heteroatoms. The second-order valence-corrected chi connectivity index (χ2v) is 10.5. The van der Waals surface area contributed by atoms with Crippen molar-refractivity contribution in [1.29, 1.82) is 0 Å². The number of fused-ring (bicyclic) bond motifs is 1. The Balaban J connectivity index is 1.27. The molecule has 5 rings (SSSR count). The molecule has 2 aromatic heterocycles. The maximum atomic E-state index is 13.9. The number of phenolic OH excluding ortho intramolecular Hbond substituents is 1. The molecular weight excluding hydrogens is 540 g/mol. The van der Waals surface area contributed by atoms with Gasteiger partial charge in [0.2, 0.25) is 0 Å². The summed E-state index contributed by atoms with van der Waals surface area (Å²) in [6, 6.07) is 15.8. The number of piperidine rings is 1. The topological polar surface area (TPSA) is 65.7 Å². The van der Waals surface area contributed by atoms with Crippen molar-refractivity contribution in [2.24, 2.45) is 5.92 Å². The number of benzene rings is 2.